The number of rotatable bonds is 6. The van der Waals surface area contributed by atoms with Gasteiger partial charge in [-0.2, -0.15) is 0 Å². The van der Waals surface area contributed by atoms with Crippen molar-refractivity contribution in [1.82, 2.24) is 9.80 Å². The van der Waals surface area contributed by atoms with Crippen molar-refractivity contribution in [2.24, 2.45) is 0 Å². The standard InChI is InChI=1S/C18H26N2O3/c1-19-12-15(22-2)10-16(19)18(21)20(14-8-9-14)11-13-6-4-5-7-17(13)23-3/h4-7,14-16H,8-12H2,1-3H3/t15-,16-/m0/s1. The third-order valence-electron chi connectivity index (χ3n) is 4.93. The molecular formula is C18H26N2O3. The third-order valence-corrected chi connectivity index (χ3v) is 4.93. The molecule has 1 heterocycles. The molecule has 3 rings (SSSR count). The molecule has 1 aromatic carbocycles. The van der Waals surface area contributed by atoms with Gasteiger partial charge in [-0.25, -0.2) is 0 Å². The second-order valence-corrected chi connectivity index (χ2v) is 6.56. The molecule has 2 fully saturated rings. The molecule has 0 unspecified atom stereocenters. The van der Waals surface area contributed by atoms with E-state index in [4.69, 9.17) is 9.47 Å². The second-order valence-electron chi connectivity index (χ2n) is 6.56. The zero-order valence-electron chi connectivity index (χ0n) is 14.2. The average Bonchev–Trinajstić information content (AvgIpc) is 3.34. The Morgan fingerprint density at radius 1 is 1.30 bits per heavy atom. The molecule has 5 nitrogen and oxygen atoms in total. The van der Waals surface area contributed by atoms with Gasteiger partial charge in [-0.1, -0.05) is 18.2 Å². The lowest BCUT2D eigenvalue weighted by molar-refractivity contribution is -0.136. The fourth-order valence-electron chi connectivity index (χ4n) is 3.39. The lowest BCUT2D eigenvalue weighted by atomic mass is 10.1. The van der Waals surface area contributed by atoms with Gasteiger partial charge in [-0.15, -0.1) is 0 Å². The van der Waals surface area contributed by atoms with Crippen LogP contribution in [0.5, 0.6) is 5.75 Å². The van der Waals surface area contributed by atoms with Crippen molar-refractivity contribution in [3.8, 4) is 5.75 Å². The number of hydrogen-bond acceptors (Lipinski definition) is 4. The van der Waals surface area contributed by atoms with Crippen molar-refractivity contribution in [1.29, 1.82) is 0 Å². The maximum absolute atomic E-state index is 13.1. The van der Waals surface area contributed by atoms with Crippen molar-refractivity contribution in [2.75, 3.05) is 27.8 Å². The van der Waals surface area contributed by atoms with Gasteiger partial charge in [0, 0.05) is 31.8 Å². The first-order valence-electron chi connectivity index (χ1n) is 8.29. The molecule has 5 heteroatoms. The monoisotopic (exact) mass is 318 g/mol. The van der Waals surface area contributed by atoms with Crippen LogP contribution in [0.3, 0.4) is 0 Å². The summed E-state index contributed by atoms with van der Waals surface area (Å²) in [5.74, 6) is 1.07. The largest absolute Gasteiger partial charge is 0.496 e. The van der Waals surface area contributed by atoms with Crippen LogP contribution in [0.25, 0.3) is 0 Å². The van der Waals surface area contributed by atoms with Gasteiger partial charge in [-0.3, -0.25) is 9.69 Å². The van der Waals surface area contributed by atoms with Gasteiger partial charge in [0.15, 0.2) is 0 Å². The van der Waals surface area contributed by atoms with Crippen LogP contribution in [0, 0.1) is 0 Å². The highest BCUT2D eigenvalue weighted by atomic mass is 16.5. The van der Waals surface area contributed by atoms with Gasteiger partial charge in [-0.05, 0) is 32.4 Å². The smallest absolute Gasteiger partial charge is 0.240 e. The summed E-state index contributed by atoms with van der Waals surface area (Å²) in [7, 11) is 5.41. The second kappa shape index (κ2) is 6.89. The van der Waals surface area contributed by atoms with Gasteiger partial charge < -0.3 is 14.4 Å². The Kier molecular flexibility index (Phi) is 4.87. The minimum absolute atomic E-state index is 0.0738. The molecule has 23 heavy (non-hydrogen) atoms. The number of methoxy groups -OCH3 is 2. The summed E-state index contributed by atoms with van der Waals surface area (Å²) in [4.78, 5) is 17.2. The highest BCUT2D eigenvalue weighted by Gasteiger charge is 2.41. The van der Waals surface area contributed by atoms with Gasteiger partial charge in [0.2, 0.25) is 5.91 Å². The Morgan fingerprint density at radius 3 is 2.65 bits per heavy atom. The number of carbonyl (C=O) groups is 1. The lowest BCUT2D eigenvalue weighted by Crippen LogP contribution is -2.45. The molecule has 1 saturated heterocycles. The molecule has 2 atom stereocenters. The van der Waals surface area contributed by atoms with Gasteiger partial charge in [0.25, 0.3) is 0 Å². The topological polar surface area (TPSA) is 42.0 Å². The maximum Gasteiger partial charge on any atom is 0.240 e. The van der Waals surface area contributed by atoms with Crippen LogP contribution in [-0.4, -0.2) is 61.7 Å². The van der Waals surface area contributed by atoms with E-state index in [-0.39, 0.29) is 18.1 Å². The highest BCUT2D eigenvalue weighted by Crippen LogP contribution is 2.32. The van der Waals surface area contributed by atoms with Crippen LogP contribution in [-0.2, 0) is 16.1 Å². The van der Waals surface area contributed by atoms with E-state index in [0.717, 1.165) is 37.1 Å². The quantitative estimate of drug-likeness (QED) is 0.803. The Balaban J connectivity index is 1.75. The SMILES string of the molecule is COc1ccccc1CN(C(=O)[C@@H]1C[C@H](OC)CN1C)C1CC1. The fourth-order valence-corrected chi connectivity index (χ4v) is 3.39. The number of ether oxygens (including phenoxy) is 2. The predicted octanol–water partition coefficient (Wildman–Crippen LogP) is 1.91. The first-order chi connectivity index (χ1) is 11.1. The summed E-state index contributed by atoms with van der Waals surface area (Å²) in [6.07, 6.45) is 3.14. The van der Waals surface area contributed by atoms with Crippen LogP contribution in [0.2, 0.25) is 0 Å². The van der Waals surface area contributed by atoms with Crippen LogP contribution < -0.4 is 4.74 Å². The number of carbonyl (C=O) groups excluding carboxylic acids is 1. The van der Waals surface area contributed by atoms with E-state index in [1.54, 1.807) is 14.2 Å². The number of amides is 1. The summed E-state index contributed by atoms with van der Waals surface area (Å²) in [5.41, 5.74) is 1.07. The van der Waals surface area contributed by atoms with Crippen LogP contribution in [0.15, 0.2) is 24.3 Å². The molecule has 2 aliphatic rings. The summed E-state index contributed by atoms with van der Waals surface area (Å²) in [6, 6.07) is 8.25. The Bertz CT molecular complexity index is 559. The first kappa shape index (κ1) is 16.3. The van der Waals surface area contributed by atoms with Crippen molar-refractivity contribution >= 4 is 5.91 Å². The zero-order chi connectivity index (χ0) is 16.4. The van der Waals surface area contributed by atoms with E-state index < -0.39 is 0 Å². The van der Waals surface area contributed by atoms with E-state index in [1.807, 2.05) is 36.2 Å². The molecule has 0 aromatic heterocycles. The van der Waals surface area contributed by atoms with E-state index in [0.29, 0.717) is 12.6 Å². The van der Waals surface area contributed by atoms with E-state index in [9.17, 15) is 4.79 Å². The van der Waals surface area contributed by atoms with E-state index >= 15 is 0 Å². The molecular weight excluding hydrogens is 292 g/mol. The molecule has 0 N–H and O–H groups in total. The minimum atomic E-state index is -0.0738. The normalized spacial score (nSPS) is 24.7. The maximum atomic E-state index is 13.1. The highest BCUT2D eigenvalue weighted by molar-refractivity contribution is 5.83. The number of para-hydroxylation sites is 1. The van der Waals surface area contributed by atoms with Gasteiger partial charge in [0.1, 0.15) is 5.75 Å². The third kappa shape index (κ3) is 3.51. The van der Waals surface area contributed by atoms with Crippen molar-refractivity contribution in [2.45, 2.75) is 44.0 Å². The lowest BCUT2D eigenvalue weighted by Gasteiger charge is -2.29. The molecule has 0 bridgehead atoms. The van der Waals surface area contributed by atoms with Crippen molar-refractivity contribution < 1.29 is 14.3 Å². The number of likely N-dealkylation sites (N-methyl/N-ethyl adjacent to an activating group) is 1. The van der Waals surface area contributed by atoms with Crippen LogP contribution in [0.1, 0.15) is 24.8 Å². The molecule has 1 aromatic rings. The Labute approximate surface area is 138 Å². The molecule has 0 radical (unpaired) electrons. The van der Waals surface area contributed by atoms with Crippen molar-refractivity contribution in [3.05, 3.63) is 29.8 Å². The molecule has 0 spiro atoms. The average molecular weight is 318 g/mol. The molecule has 1 amide bonds. The summed E-state index contributed by atoms with van der Waals surface area (Å²) in [5, 5.41) is 0. The van der Waals surface area contributed by atoms with Gasteiger partial charge in [0.05, 0.1) is 19.3 Å². The molecule has 1 saturated carbocycles. The van der Waals surface area contributed by atoms with Crippen LogP contribution >= 0.6 is 0 Å². The molecule has 126 valence electrons. The Hall–Kier alpha value is -1.59. The predicted molar refractivity (Wildman–Crippen MR) is 88.4 cm³/mol. The first-order valence-corrected chi connectivity index (χ1v) is 8.29. The molecule has 1 aliphatic heterocycles. The van der Waals surface area contributed by atoms with Crippen molar-refractivity contribution in [3.63, 3.8) is 0 Å². The number of hydrogen-bond donors (Lipinski definition) is 0. The van der Waals surface area contributed by atoms with Crippen LogP contribution in [0.4, 0.5) is 0 Å². The Morgan fingerprint density at radius 2 is 2.04 bits per heavy atom. The number of benzene rings is 1. The van der Waals surface area contributed by atoms with E-state index in [2.05, 4.69) is 4.90 Å². The summed E-state index contributed by atoms with van der Waals surface area (Å²) >= 11 is 0. The van der Waals surface area contributed by atoms with E-state index in [1.165, 1.54) is 0 Å². The fraction of sp³-hybridized carbons (Fsp3) is 0.611. The summed E-state index contributed by atoms with van der Waals surface area (Å²) < 4.78 is 10.9. The summed E-state index contributed by atoms with van der Waals surface area (Å²) in [6.45, 7) is 1.44. The zero-order valence-corrected chi connectivity index (χ0v) is 14.2. The number of likely N-dealkylation sites (tertiary alicyclic amines) is 1. The minimum Gasteiger partial charge on any atom is -0.496 e. The van der Waals surface area contributed by atoms with Gasteiger partial charge >= 0.3 is 0 Å². The number of nitrogens with zero attached hydrogens (tertiary/aromatic N) is 2. The molecule has 1 aliphatic carbocycles.